The molecule has 1 unspecified atom stereocenters. The van der Waals surface area contributed by atoms with Gasteiger partial charge in [0.25, 0.3) is 0 Å². The van der Waals surface area contributed by atoms with E-state index in [1.807, 2.05) is 30.3 Å². The zero-order valence-electron chi connectivity index (χ0n) is 11.3. The Morgan fingerprint density at radius 1 is 1.05 bits per heavy atom. The maximum atomic E-state index is 6.30. The molecule has 2 aromatic carbocycles. The molecule has 0 spiro atoms. The molecular formula is C15H12Br2Cl2O2. The summed E-state index contributed by atoms with van der Waals surface area (Å²) in [5.74, 6) is 1.17. The highest BCUT2D eigenvalue weighted by molar-refractivity contribution is 9.10. The Hall–Kier alpha value is -0.420. The Morgan fingerprint density at radius 3 is 2.33 bits per heavy atom. The van der Waals surface area contributed by atoms with Crippen molar-refractivity contribution >= 4 is 55.1 Å². The number of methoxy groups -OCH3 is 2. The van der Waals surface area contributed by atoms with Crippen molar-refractivity contribution in [2.75, 3.05) is 14.2 Å². The SMILES string of the molecule is COc1ccc(C(Br)c2ccc(Cl)c(Br)c2)c(OC)c1Cl. The summed E-state index contributed by atoms with van der Waals surface area (Å²) in [4.78, 5) is -0.0792. The van der Waals surface area contributed by atoms with Crippen molar-refractivity contribution in [3.8, 4) is 11.5 Å². The van der Waals surface area contributed by atoms with E-state index in [1.54, 1.807) is 14.2 Å². The molecule has 112 valence electrons. The molecule has 1 atom stereocenters. The first-order valence-corrected chi connectivity index (χ1v) is 8.45. The first-order valence-electron chi connectivity index (χ1n) is 5.99. The van der Waals surface area contributed by atoms with Gasteiger partial charge in [0.05, 0.1) is 24.1 Å². The van der Waals surface area contributed by atoms with Crippen LogP contribution in [0.2, 0.25) is 10.0 Å². The van der Waals surface area contributed by atoms with Crippen LogP contribution in [-0.2, 0) is 0 Å². The molecule has 0 aliphatic heterocycles. The monoisotopic (exact) mass is 452 g/mol. The van der Waals surface area contributed by atoms with Crippen molar-refractivity contribution in [2.45, 2.75) is 4.83 Å². The third kappa shape index (κ3) is 3.50. The van der Waals surface area contributed by atoms with Crippen molar-refractivity contribution in [1.82, 2.24) is 0 Å². The maximum Gasteiger partial charge on any atom is 0.145 e. The molecule has 0 amide bonds. The molecular weight excluding hydrogens is 443 g/mol. The van der Waals surface area contributed by atoms with Gasteiger partial charge in [-0.1, -0.05) is 51.3 Å². The minimum absolute atomic E-state index is 0.0792. The van der Waals surface area contributed by atoms with Crippen LogP contribution in [0, 0.1) is 0 Å². The molecule has 0 aliphatic carbocycles. The second kappa shape index (κ2) is 7.23. The molecule has 0 aliphatic rings. The van der Waals surface area contributed by atoms with Gasteiger partial charge in [-0.3, -0.25) is 0 Å². The number of hydrogen-bond acceptors (Lipinski definition) is 2. The highest BCUT2D eigenvalue weighted by Gasteiger charge is 2.20. The number of halogens is 4. The molecule has 6 heteroatoms. The van der Waals surface area contributed by atoms with E-state index in [-0.39, 0.29) is 4.83 Å². The summed E-state index contributed by atoms with van der Waals surface area (Å²) in [6.45, 7) is 0. The molecule has 0 aromatic heterocycles. The van der Waals surface area contributed by atoms with Crippen LogP contribution in [0.5, 0.6) is 11.5 Å². The standard InChI is InChI=1S/C15H12Br2Cl2O2/c1-20-12-6-4-9(15(21-2)14(12)19)13(17)8-3-5-11(18)10(16)7-8/h3-7,13H,1-2H3. The number of ether oxygens (including phenoxy) is 2. The second-order valence-electron chi connectivity index (χ2n) is 4.24. The lowest BCUT2D eigenvalue weighted by Crippen LogP contribution is -1.99. The summed E-state index contributed by atoms with van der Waals surface area (Å²) in [5.41, 5.74) is 1.95. The van der Waals surface area contributed by atoms with E-state index in [0.717, 1.165) is 15.6 Å². The van der Waals surface area contributed by atoms with Crippen molar-refractivity contribution in [3.63, 3.8) is 0 Å². The van der Waals surface area contributed by atoms with Crippen LogP contribution in [0.4, 0.5) is 0 Å². The van der Waals surface area contributed by atoms with E-state index in [2.05, 4.69) is 31.9 Å². The fourth-order valence-electron chi connectivity index (χ4n) is 1.97. The van der Waals surface area contributed by atoms with Crippen molar-refractivity contribution in [2.24, 2.45) is 0 Å². The van der Waals surface area contributed by atoms with Crippen molar-refractivity contribution in [3.05, 3.63) is 56.0 Å². The molecule has 0 radical (unpaired) electrons. The third-order valence-corrected chi connectivity index (χ3v) is 5.62. The fraction of sp³-hybridized carbons (Fsp3) is 0.200. The molecule has 2 nitrogen and oxygen atoms in total. The zero-order chi connectivity index (χ0) is 15.6. The van der Waals surface area contributed by atoms with Crippen molar-refractivity contribution in [1.29, 1.82) is 0 Å². The average Bonchev–Trinajstić information content (AvgIpc) is 2.49. The molecule has 0 saturated heterocycles. The number of rotatable bonds is 4. The molecule has 0 N–H and O–H groups in total. The van der Waals surface area contributed by atoms with Gasteiger partial charge in [0.15, 0.2) is 0 Å². The average molecular weight is 455 g/mol. The third-order valence-electron chi connectivity index (χ3n) is 3.03. The maximum absolute atomic E-state index is 6.30. The van der Waals surface area contributed by atoms with Crippen LogP contribution in [0.15, 0.2) is 34.8 Å². The Bertz CT molecular complexity index is 662. The molecule has 2 rings (SSSR count). The van der Waals surface area contributed by atoms with E-state index in [0.29, 0.717) is 21.5 Å². The van der Waals surface area contributed by atoms with Crippen LogP contribution in [0.1, 0.15) is 16.0 Å². The van der Waals surface area contributed by atoms with E-state index in [9.17, 15) is 0 Å². The van der Waals surface area contributed by atoms with Crippen molar-refractivity contribution < 1.29 is 9.47 Å². The zero-order valence-corrected chi connectivity index (χ0v) is 16.0. The molecule has 2 aromatic rings. The first-order chi connectivity index (χ1) is 9.99. The number of benzene rings is 2. The number of hydrogen-bond donors (Lipinski definition) is 0. The van der Waals surface area contributed by atoms with Gasteiger partial charge in [0, 0.05) is 10.0 Å². The van der Waals surface area contributed by atoms with E-state index < -0.39 is 0 Å². The van der Waals surface area contributed by atoms with Gasteiger partial charge in [-0.15, -0.1) is 0 Å². The minimum Gasteiger partial charge on any atom is -0.495 e. The molecule has 21 heavy (non-hydrogen) atoms. The normalized spacial score (nSPS) is 12.1. The molecule has 0 bridgehead atoms. The Kier molecular flexibility index (Phi) is 5.83. The fourth-order valence-corrected chi connectivity index (χ4v) is 3.45. The Morgan fingerprint density at radius 2 is 1.76 bits per heavy atom. The van der Waals surface area contributed by atoms with Gasteiger partial charge in [-0.25, -0.2) is 0 Å². The molecule has 0 fully saturated rings. The van der Waals surface area contributed by atoms with Crippen LogP contribution in [0.3, 0.4) is 0 Å². The van der Waals surface area contributed by atoms with Gasteiger partial charge in [-0.2, -0.15) is 0 Å². The molecule has 0 heterocycles. The molecule has 0 saturated carbocycles. The lowest BCUT2D eigenvalue weighted by molar-refractivity contribution is 0.392. The summed E-state index contributed by atoms with van der Waals surface area (Å²) in [6, 6.07) is 9.49. The first kappa shape index (κ1) is 16.9. The summed E-state index contributed by atoms with van der Waals surface area (Å²) in [5, 5.41) is 1.12. The van der Waals surface area contributed by atoms with Crippen LogP contribution < -0.4 is 9.47 Å². The lowest BCUT2D eigenvalue weighted by atomic mass is 10.0. The quantitative estimate of drug-likeness (QED) is 0.508. The largest absolute Gasteiger partial charge is 0.495 e. The predicted octanol–water partition coefficient (Wildman–Crippen LogP) is 6.26. The van der Waals surface area contributed by atoms with E-state index in [1.165, 1.54) is 0 Å². The summed E-state index contributed by atoms with van der Waals surface area (Å²) in [6.07, 6.45) is 0. The topological polar surface area (TPSA) is 18.5 Å². The second-order valence-corrected chi connectivity index (χ2v) is 6.80. The van der Waals surface area contributed by atoms with E-state index >= 15 is 0 Å². The van der Waals surface area contributed by atoms with Crippen LogP contribution >= 0.6 is 55.1 Å². The van der Waals surface area contributed by atoms with Crippen LogP contribution in [-0.4, -0.2) is 14.2 Å². The Labute approximate surface area is 150 Å². The van der Waals surface area contributed by atoms with Gasteiger partial charge in [-0.05, 0) is 39.7 Å². The Balaban J connectivity index is 2.50. The predicted molar refractivity (Wildman–Crippen MR) is 94.5 cm³/mol. The van der Waals surface area contributed by atoms with Gasteiger partial charge in [0.2, 0.25) is 0 Å². The van der Waals surface area contributed by atoms with Crippen LogP contribution in [0.25, 0.3) is 0 Å². The van der Waals surface area contributed by atoms with Gasteiger partial charge >= 0.3 is 0 Å². The lowest BCUT2D eigenvalue weighted by Gasteiger charge is -2.18. The highest BCUT2D eigenvalue weighted by atomic mass is 79.9. The number of alkyl halides is 1. The summed E-state index contributed by atoms with van der Waals surface area (Å²) >= 11 is 19.4. The van der Waals surface area contributed by atoms with Gasteiger partial charge in [0.1, 0.15) is 16.5 Å². The van der Waals surface area contributed by atoms with Gasteiger partial charge < -0.3 is 9.47 Å². The van der Waals surface area contributed by atoms with E-state index in [4.69, 9.17) is 32.7 Å². The minimum atomic E-state index is -0.0792. The highest BCUT2D eigenvalue weighted by Crippen LogP contribution is 2.44. The smallest absolute Gasteiger partial charge is 0.145 e. The summed E-state index contributed by atoms with van der Waals surface area (Å²) in [7, 11) is 3.16. The summed E-state index contributed by atoms with van der Waals surface area (Å²) < 4.78 is 11.5.